The van der Waals surface area contributed by atoms with Gasteiger partial charge >= 0.3 is 0 Å². The summed E-state index contributed by atoms with van der Waals surface area (Å²) in [5.74, 6) is 1.84. The first-order chi connectivity index (χ1) is 17.7. The van der Waals surface area contributed by atoms with Crippen molar-refractivity contribution in [1.82, 2.24) is 0 Å². The Morgan fingerprint density at radius 1 is 1.00 bits per heavy atom. The van der Waals surface area contributed by atoms with Crippen molar-refractivity contribution in [2.45, 2.75) is 40.2 Å². The van der Waals surface area contributed by atoms with Gasteiger partial charge in [0, 0.05) is 12.1 Å². The second-order valence-corrected chi connectivity index (χ2v) is 9.04. The molecule has 0 saturated heterocycles. The molecule has 1 aromatic heterocycles. The lowest BCUT2D eigenvalue weighted by Crippen LogP contribution is -2.11. The van der Waals surface area contributed by atoms with Gasteiger partial charge in [0.05, 0.1) is 16.7 Å². The first kappa shape index (κ1) is 25.5. The zero-order chi connectivity index (χ0) is 26.5. The lowest BCUT2D eigenvalue weighted by atomic mass is 10.0. The number of para-hydroxylation sites is 1. The number of aryl methyl sites for hydroxylation is 2. The number of hydrogen-bond acceptors (Lipinski definition) is 6. The van der Waals surface area contributed by atoms with Gasteiger partial charge in [0.2, 0.25) is 0 Å². The van der Waals surface area contributed by atoms with Gasteiger partial charge < -0.3 is 19.2 Å². The van der Waals surface area contributed by atoms with Crippen molar-refractivity contribution in [2.24, 2.45) is 0 Å². The van der Waals surface area contributed by atoms with Crippen LogP contribution >= 0.6 is 0 Å². The van der Waals surface area contributed by atoms with Gasteiger partial charge in [-0.05, 0) is 60.7 Å². The Bertz CT molecular complexity index is 1440. The van der Waals surface area contributed by atoms with Crippen LogP contribution in [0.3, 0.4) is 0 Å². The number of non-ortho nitro benzene ring substituents is 1. The molecule has 0 aliphatic carbocycles. The molecule has 8 nitrogen and oxygen atoms in total. The minimum Gasteiger partial charge on any atom is -0.485 e. The summed E-state index contributed by atoms with van der Waals surface area (Å²) in [5, 5.41) is 14.1. The molecular formula is C29H28N2O6. The molecule has 0 aliphatic rings. The smallest absolute Gasteiger partial charge is 0.291 e. The number of anilines is 1. The molecule has 1 N–H and O–H groups in total. The highest BCUT2D eigenvalue weighted by Crippen LogP contribution is 2.32. The standard InChI is InChI=1S/C29H28N2O6/c1-18(2)25-11-9-19(3)13-28(25)35-17-23-10-12-27(36-23)29(32)30-21-14-22(31(33)34)16-24(15-21)37-26-8-6-5-7-20(26)4/h5-16,18H,17H2,1-4H3,(H,30,32). The number of rotatable bonds is 9. The zero-order valence-corrected chi connectivity index (χ0v) is 21.1. The third kappa shape index (κ3) is 6.35. The van der Waals surface area contributed by atoms with E-state index in [1.807, 2.05) is 50.2 Å². The van der Waals surface area contributed by atoms with Gasteiger partial charge in [-0.15, -0.1) is 0 Å². The van der Waals surface area contributed by atoms with Gasteiger partial charge in [0.25, 0.3) is 11.6 Å². The predicted octanol–water partition coefficient (Wildman–Crippen LogP) is 7.55. The summed E-state index contributed by atoms with van der Waals surface area (Å²) in [6.07, 6.45) is 0. The minimum atomic E-state index is -0.549. The normalized spacial score (nSPS) is 10.8. The van der Waals surface area contributed by atoms with Crippen LogP contribution in [0.25, 0.3) is 0 Å². The Balaban J connectivity index is 1.48. The predicted molar refractivity (Wildman–Crippen MR) is 141 cm³/mol. The topological polar surface area (TPSA) is 104 Å². The molecule has 0 radical (unpaired) electrons. The van der Waals surface area contributed by atoms with Crippen LogP contribution in [0.4, 0.5) is 11.4 Å². The number of ether oxygens (including phenoxy) is 2. The summed E-state index contributed by atoms with van der Waals surface area (Å²) >= 11 is 0. The molecule has 4 aromatic rings. The molecule has 8 heteroatoms. The first-order valence-corrected chi connectivity index (χ1v) is 11.9. The molecule has 190 valence electrons. The van der Waals surface area contributed by atoms with Crippen molar-refractivity contribution in [3.05, 3.63) is 111 Å². The van der Waals surface area contributed by atoms with Crippen molar-refractivity contribution in [3.63, 3.8) is 0 Å². The van der Waals surface area contributed by atoms with Gasteiger partial charge in [-0.3, -0.25) is 14.9 Å². The molecule has 1 heterocycles. The highest BCUT2D eigenvalue weighted by Gasteiger charge is 2.17. The number of nitro benzene ring substituents is 1. The molecule has 0 unspecified atom stereocenters. The maximum Gasteiger partial charge on any atom is 0.291 e. The van der Waals surface area contributed by atoms with Crippen molar-refractivity contribution in [2.75, 3.05) is 5.32 Å². The Labute approximate surface area is 215 Å². The average Bonchev–Trinajstić information content (AvgIpc) is 3.33. The minimum absolute atomic E-state index is 0.0554. The van der Waals surface area contributed by atoms with E-state index in [2.05, 4.69) is 19.2 Å². The Kier molecular flexibility index (Phi) is 7.57. The molecular weight excluding hydrogens is 472 g/mol. The third-order valence-corrected chi connectivity index (χ3v) is 5.73. The van der Waals surface area contributed by atoms with Crippen LogP contribution in [0, 0.1) is 24.0 Å². The van der Waals surface area contributed by atoms with Gasteiger partial charge in [0.15, 0.2) is 5.76 Å². The van der Waals surface area contributed by atoms with Crippen LogP contribution in [0.15, 0.2) is 77.2 Å². The Morgan fingerprint density at radius 3 is 2.51 bits per heavy atom. The monoisotopic (exact) mass is 500 g/mol. The molecule has 0 spiro atoms. The number of benzene rings is 3. The van der Waals surface area contributed by atoms with E-state index in [9.17, 15) is 14.9 Å². The van der Waals surface area contributed by atoms with Crippen molar-refractivity contribution < 1.29 is 23.6 Å². The van der Waals surface area contributed by atoms with Crippen molar-refractivity contribution >= 4 is 17.3 Å². The zero-order valence-electron chi connectivity index (χ0n) is 21.1. The van der Waals surface area contributed by atoms with E-state index < -0.39 is 10.8 Å². The maximum absolute atomic E-state index is 12.8. The number of nitrogens with zero attached hydrogens (tertiary/aromatic N) is 1. The van der Waals surface area contributed by atoms with E-state index in [1.54, 1.807) is 12.1 Å². The van der Waals surface area contributed by atoms with Gasteiger partial charge in [0.1, 0.15) is 29.6 Å². The van der Waals surface area contributed by atoms with E-state index in [1.165, 1.54) is 24.3 Å². The molecule has 0 fully saturated rings. The van der Waals surface area contributed by atoms with Crippen LogP contribution in [-0.2, 0) is 6.61 Å². The number of nitro groups is 1. The summed E-state index contributed by atoms with van der Waals surface area (Å²) in [4.78, 5) is 23.8. The summed E-state index contributed by atoms with van der Waals surface area (Å²) in [7, 11) is 0. The molecule has 37 heavy (non-hydrogen) atoms. The fourth-order valence-electron chi connectivity index (χ4n) is 3.78. The quantitative estimate of drug-likeness (QED) is 0.188. The molecule has 3 aromatic carbocycles. The number of nitrogens with one attached hydrogen (secondary N) is 1. The number of carbonyl (C=O) groups is 1. The first-order valence-electron chi connectivity index (χ1n) is 11.9. The van der Waals surface area contributed by atoms with Crippen LogP contribution in [0.5, 0.6) is 17.2 Å². The molecule has 0 bridgehead atoms. The molecule has 0 aliphatic heterocycles. The third-order valence-electron chi connectivity index (χ3n) is 5.73. The number of furan rings is 1. The molecule has 0 saturated carbocycles. The average molecular weight is 501 g/mol. The summed E-state index contributed by atoms with van der Waals surface area (Å²) in [6, 6.07) is 20.7. The number of hydrogen-bond donors (Lipinski definition) is 1. The van der Waals surface area contributed by atoms with E-state index >= 15 is 0 Å². The van der Waals surface area contributed by atoms with Crippen LogP contribution in [0.2, 0.25) is 0 Å². The highest BCUT2D eigenvalue weighted by molar-refractivity contribution is 6.02. The van der Waals surface area contributed by atoms with Crippen LogP contribution in [-0.4, -0.2) is 10.8 Å². The SMILES string of the molecule is Cc1ccc(C(C)C)c(OCc2ccc(C(=O)Nc3cc(Oc4ccccc4C)cc([N+](=O)[O-])c3)o2)c1. The molecule has 0 atom stereocenters. The molecule has 4 rings (SSSR count). The largest absolute Gasteiger partial charge is 0.485 e. The van der Waals surface area contributed by atoms with Crippen molar-refractivity contribution in [1.29, 1.82) is 0 Å². The lowest BCUT2D eigenvalue weighted by Gasteiger charge is -2.14. The maximum atomic E-state index is 12.8. The lowest BCUT2D eigenvalue weighted by molar-refractivity contribution is -0.384. The number of carbonyl (C=O) groups excluding carboxylic acids is 1. The van der Waals surface area contributed by atoms with Gasteiger partial charge in [-0.1, -0.05) is 44.2 Å². The second kappa shape index (κ2) is 11.0. The fourth-order valence-corrected chi connectivity index (χ4v) is 3.78. The van der Waals surface area contributed by atoms with E-state index in [-0.39, 0.29) is 29.5 Å². The summed E-state index contributed by atoms with van der Waals surface area (Å²) in [6.45, 7) is 8.21. The Morgan fingerprint density at radius 2 is 1.78 bits per heavy atom. The number of amides is 1. The van der Waals surface area contributed by atoms with Crippen LogP contribution in [0.1, 0.15) is 52.8 Å². The van der Waals surface area contributed by atoms with Crippen molar-refractivity contribution in [3.8, 4) is 17.2 Å². The fraction of sp³-hybridized carbons (Fsp3) is 0.207. The highest BCUT2D eigenvalue weighted by atomic mass is 16.6. The van der Waals surface area contributed by atoms with Gasteiger partial charge in [-0.2, -0.15) is 0 Å². The van der Waals surface area contributed by atoms with E-state index in [0.717, 1.165) is 22.4 Å². The van der Waals surface area contributed by atoms with E-state index in [4.69, 9.17) is 13.9 Å². The second-order valence-electron chi connectivity index (χ2n) is 9.04. The molecule has 1 amide bonds. The van der Waals surface area contributed by atoms with E-state index in [0.29, 0.717) is 17.4 Å². The Hall–Kier alpha value is -4.59. The summed E-state index contributed by atoms with van der Waals surface area (Å²) in [5.41, 5.74) is 3.04. The van der Waals surface area contributed by atoms with Crippen LogP contribution < -0.4 is 14.8 Å². The summed E-state index contributed by atoms with van der Waals surface area (Å²) < 4.78 is 17.5. The van der Waals surface area contributed by atoms with Gasteiger partial charge in [-0.25, -0.2) is 0 Å².